The first-order valence-corrected chi connectivity index (χ1v) is 20.2. The number of hydrogen-bond acceptors (Lipinski definition) is 3. The number of hydrogen-bond donors (Lipinski definition) is 1. The van der Waals surface area contributed by atoms with Crippen molar-refractivity contribution in [2.75, 3.05) is 20.3 Å². The van der Waals surface area contributed by atoms with E-state index in [1.54, 1.807) is 25.2 Å². The summed E-state index contributed by atoms with van der Waals surface area (Å²) >= 11 is 0. The first kappa shape index (κ1) is 38.4. The van der Waals surface area contributed by atoms with Gasteiger partial charge in [0.15, 0.2) is 0 Å². The average Bonchev–Trinajstić information content (AvgIpc) is 3.11. The van der Waals surface area contributed by atoms with Crippen LogP contribution >= 0.6 is 0 Å². The summed E-state index contributed by atoms with van der Waals surface area (Å²) < 4.78 is 5.34. The van der Waals surface area contributed by atoms with Gasteiger partial charge in [-0.2, -0.15) is 0 Å². The van der Waals surface area contributed by atoms with Crippen LogP contribution in [0.25, 0.3) is 0 Å². The number of aldehydes is 1. The van der Waals surface area contributed by atoms with Gasteiger partial charge in [0, 0.05) is 19.6 Å². The predicted molar refractivity (Wildman–Crippen MR) is 199 cm³/mol. The molecule has 4 aliphatic rings. The molecule has 5 unspecified atom stereocenters. The van der Waals surface area contributed by atoms with Crippen molar-refractivity contribution in [2.45, 2.75) is 155 Å². The van der Waals surface area contributed by atoms with Gasteiger partial charge >= 0.3 is 0 Å². The lowest BCUT2D eigenvalue weighted by molar-refractivity contribution is -0.104. The molecule has 0 radical (unpaired) electrons. The summed E-state index contributed by atoms with van der Waals surface area (Å²) in [4.78, 5) is 9.41. The summed E-state index contributed by atoms with van der Waals surface area (Å²) in [5.74, 6) is 7.92. The van der Waals surface area contributed by atoms with Gasteiger partial charge in [-0.15, -0.1) is 0 Å². The summed E-state index contributed by atoms with van der Waals surface area (Å²) in [6.45, 7) is 8.29. The third-order valence-electron chi connectivity index (χ3n) is 13.2. The number of allylic oxidation sites excluding steroid dienone is 1. The Bertz CT molecular complexity index is 999. The van der Waals surface area contributed by atoms with E-state index in [0.717, 1.165) is 60.1 Å². The standard InChI is InChI=1S/C40H66O2.C4H6O/c1-3-4-5-6-30-9-15-35(16-10-30)37-21-23-38(24-22-37)36-17-11-31(12-18-36)7-8-32-13-19-40-27-33(14-20-39(40)26-32)25-34(28-41)29-42-2;1-4(2)3-5/h11-12,17-18,30,32-35,37-41H,3-10,13-16,19-29H2,1-2H3;3H,1H2,2H3. The Kier molecular flexibility index (Phi) is 17.1. The fourth-order valence-corrected chi connectivity index (χ4v) is 10.3. The van der Waals surface area contributed by atoms with E-state index >= 15 is 0 Å². The molecular formula is C44H72O3. The van der Waals surface area contributed by atoms with Crippen LogP contribution in [-0.2, 0) is 16.0 Å². The normalized spacial score (nSPS) is 31.6. The highest BCUT2D eigenvalue weighted by Gasteiger charge is 2.36. The van der Waals surface area contributed by atoms with Gasteiger partial charge in [-0.3, -0.25) is 4.79 Å². The summed E-state index contributed by atoms with van der Waals surface area (Å²) in [5.41, 5.74) is 3.77. The van der Waals surface area contributed by atoms with Crippen LogP contribution in [0.5, 0.6) is 0 Å². The minimum absolute atomic E-state index is 0.280. The Morgan fingerprint density at radius 1 is 0.809 bits per heavy atom. The molecule has 5 atom stereocenters. The van der Waals surface area contributed by atoms with Gasteiger partial charge in [-0.1, -0.05) is 89.1 Å². The zero-order valence-electron chi connectivity index (χ0n) is 30.8. The zero-order valence-corrected chi connectivity index (χ0v) is 30.8. The van der Waals surface area contributed by atoms with Crippen LogP contribution in [-0.4, -0.2) is 31.7 Å². The summed E-state index contributed by atoms with van der Waals surface area (Å²) in [7, 11) is 1.77. The Morgan fingerprint density at radius 2 is 1.36 bits per heavy atom. The van der Waals surface area contributed by atoms with Crippen LogP contribution in [0.3, 0.4) is 0 Å². The van der Waals surface area contributed by atoms with Crippen molar-refractivity contribution >= 4 is 6.29 Å². The molecule has 47 heavy (non-hydrogen) atoms. The van der Waals surface area contributed by atoms with E-state index in [-0.39, 0.29) is 6.61 Å². The Balaban J connectivity index is 0.000000930. The van der Waals surface area contributed by atoms with Crippen LogP contribution in [0.1, 0.15) is 159 Å². The molecule has 1 N–H and O–H groups in total. The molecule has 3 nitrogen and oxygen atoms in total. The molecular weight excluding hydrogens is 576 g/mol. The highest BCUT2D eigenvalue weighted by Crippen LogP contribution is 2.47. The van der Waals surface area contributed by atoms with E-state index in [4.69, 9.17) is 4.74 Å². The average molecular weight is 649 g/mol. The number of methoxy groups -OCH3 is 1. The van der Waals surface area contributed by atoms with Crippen molar-refractivity contribution in [3.05, 3.63) is 47.5 Å². The fraction of sp³-hybridized carbons (Fsp3) is 0.795. The number of unbranched alkanes of at least 4 members (excludes halogenated alkanes) is 2. The van der Waals surface area contributed by atoms with Crippen LogP contribution in [0.15, 0.2) is 36.4 Å². The van der Waals surface area contributed by atoms with Gasteiger partial charge in [0.1, 0.15) is 6.29 Å². The number of rotatable bonds is 15. The van der Waals surface area contributed by atoms with E-state index in [1.165, 1.54) is 128 Å². The molecule has 0 amide bonds. The first-order valence-electron chi connectivity index (χ1n) is 20.2. The molecule has 3 heteroatoms. The van der Waals surface area contributed by atoms with Gasteiger partial charge in [0.25, 0.3) is 0 Å². The molecule has 0 aliphatic heterocycles. The lowest BCUT2D eigenvalue weighted by atomic mass is 9.63. The largest absolute Gasteiger partial charge is 0.396 e. The smallest absolute Gasteiger partial charge is 0.145 e. The number of carbonyl (C=O) groups is 1. The Labute approximate surface area is 290 Å². The molecule has 0 bridgehead atoms. The van der Waals surface area contributed by atoms with Crippen molar-refractivity contribution in [3.8, 4) is 0 Å². The van der Waals surface area contributed by atoms with Gasteiger partial charge in [-0.05, 0) is 154 Å². The summed E-state index contributed by atoms with van der Waals surface area (Å²) in [5, 5.41) is 9.69. The number of ether oxygens (including phenoxy) is 1. The zero-order chi connectivity index (χ0) is 33.4. The minimum atomic E-state index is 0.280. The topological polar surface area (TPSA) is 46.5 Å². The highest BCUT2D eigenvalue weighted by molar-refractivity contribution is 5.70. The van der Waals surface area contributed by atoms with E-state index in [9.17, 15) is 9.90 Å². The minimum Gasteiger partial charge on any atom is -0.396 e. The maximum Gasteiger partial charge on any atom is 0.145 e. The quantitative estimate of drug-likeness (QED) is 0.117. The summed E-state index contributed by atoms with van der Waals surface area (Å²) in [6.07, 6.45) is 30.8. The lowest BCUT2D eigenvalue weighted by Gasteiger charge is -2.43. The number of carbonyl (C=O) groups excluding carboxylic acids is 1. The molecule has 4 fully saturated rings. The van der Waals surface area contributed by atoms with Crippen molar-refractivity contribution < 1.29 is 14.6 Å². The third kappa shape index (κ3) is 12.7. The van der Waals surface area contributed by atoms with Crippen molar-refractivity contribution in [1.82, 2.24) is 0 Å². The first-order chi connectivity index (χ1) is 22.9. The van der Waals surface area contributed by atoms with Crippen LogP contribution in [0, 0.1) is 47.3 Å². The van der Waals surface area contributed by atoms with Gasteiger partial charge in [-0.25, -0.2) is 0 Å². The van der Waals surface area contributed by atoms with Crippen molar-refractivity contribution in [1.29, 1.82) is 0 Å². The molecule has 0 heterocycles. The summed E-state index contributed by atoms with van der Waals surface area (Å²) in [6, 6.07) is 9.97. The molecule has 4 aliphatic carbocycles. The van der Waals surface area contributed by atoms with E-state index < -0.39 is 0 Å². The molecule has 1 aromatic rings. The second-order valence-corrected chi connectivity index (χ2v) is 16.8. The monoisotopic (exact) mass is 649 g/mol. The van der Waals surface area contributed by atoms with E-state index in [0.29, 0.717) is 18.1 Å². The molecule has 4 saturated carbocycles. The number of fused-ring (bicyclic) bond motifs is 1. The van der Waals surface area contributed by atoms with Crippen LogP contribution in [0.4, 0.5) is 0 Å². The SMILES string of the molecule is C=C(C)C=O.CCCCCC1CCC(C2CCC(c3ccc(CCC4CCC5CC(CC(CO)COC)CCC5C4)cc3)CC2)CC1. The molecule has 0 spiro atoms. The van der Waals surface area contributed by atoms with Crippen molar-refractivity contribution in [2.24, 2.45) is 47.3 Å². The maximum absolute atomic E-state index is 9.69. The molecule has 0 saturated heterocycles. The van der Waals surface area contributed by atoms with Crippen molar-refractivity contribution in [3.63, 3.8) is 0 Å². The molecule has 5 rings (SSSR count). The number of aliphatic hydroxyl groups excluding tert-OH is 1. The predicted octanol–water partition coefficient (Wildman–Crippen LogP) is 11.5. The highest BCUT2D eigenvalue weighted by atomic mass is 16.5. The maximum atomic E-state index is 9.69. The fourth-order valence-electron chi connectivity index (χ4n) is 10.3. The number of benzene rings is 1. The van der Waals surface area contributed by atoms with Gasteiger partial charge < -0.3 is 9.84 Å². The number of aryl methyl sites for hydroxylation is 1. The van der Waals surface area contributed by atoms with Crippen LogP contribution in [0.2, 0.25) is 0 Å². The second-order valence-electron chi connectivity index (χ2n) is 16.8. The van der Waals surface area contributed by atoms with Gasteiger partial charge in [0.2, 0.25) is 0 Å². The Hall–Kier alpha value is -1.45. The molecule has 266 valence electrons. The number of aliphatic hydroxyl groups is 1. The Morgan fingerprint density at radius 3 is 1.94 bits per heavy atom. The van der Waals surface area contributed by atoms with E-state index in [2.05, 4.69) is 37.8 Å². The third-order valence-corrected chi connectivity index (χ3v) is 13.2. The van der Waals surface area contributed by atoms with Crippen LogP contribution < -0.4 is 0 Å². The molecule has 1 aromatic carbocycles. The van der Waals surface area contributed by atoms with E-state index in [1.807, 2.05) is 0 Å². The second kappa shape index (κ2) is 20.9. The molecule has 0 aromatic heterocycles. The lowest BCUT2D eigenvalue weighted by Crippen LogP contribution is -2.32. The van der Waals surface area contributed by atoms with Gasteiger partial charge in [0.05, 0.1) is 6.61 Å².